The van der Waals surface area contributed by atoms with Crippen molar-refractivity contribution in [3.05, 3.63) is 20.8 Å². The number of nitrogens with zero attached hydrogens (tertiary/aromatic N) is 1. The first-order valence-corrected chi connectivity index (χ1v) is 6.37. The van der Waals surface area contributed by atoms with Crippen molar-refractivity contribution in [3.8, 4) is 0 Å². The van der Waals surface area contributed by atoms with E-state index in [-0.39, 0.29) is 5.91 Å². The van der Waals surface area contributed by atoms with Gasteiger partial charge in [-0.3, -0.25) is 4.79 Å². The number of carbonyl (C=O) groups is 1. The molecule has 0 aromatic carbocycles. The Kier molecular flexibility index (Phi) is 4.76. The Morgan fingerprint density at radius 2 is 2.33 bits per heavy atom. The highest BCUT2D eigenvalue weighted by Crippen LogP contribution is 2.22. The van der Waals surface area contributed by atoms with Crippen LogP contribution in [0.5, 0.6) is 0 Å². The van der Waals surface area contributed by atoms with Gasteiger partial charge >= 0.3 is 0 Å². The number of halogens is 1. The molecule has 0 radical (unpaired) electrons. The number of amides is 1. The zero-order chi connectivity index (χ0) is 11.4. The lowest BCUT2D eigenvalue weighted by atomic mass is 10.3. The quantitative estimate of drug-likeness (QED) is 0.922. The maximum atomic E-state index is 11.7. The maximum absolute atomic E-state index is 11.7. The molecule has 0 aliphatic rings. The van der Waals surface area contributed by atoms with Crippen LogP contribution in [0.15, 0.2) is 15.9 Å². The van der Waals surface area contributed by atoms with Gasteiger partial charge in [0.05, 0.1) is 0 Å². The van der Waals surface area contributed by atoms with Gasteiger partial charge < -0.3 is 10.2 Å². The molecule has 0 unspecified atom stereocenters. The van der Waals surface area contributed by atoms with E-state index in [9.17, 15) is 4.79 Å². The number of rotatable bonds is 4. The molecule has 0 aliphatic heterocycles. The van der Waals surface area contributed by atoms with Crippen LogP contribution >= 0.6 is 27.3 Å². The van der Waals surface area contributed by atoms with Gasteiger partial charge in [0.2, 0.25) is 0 Å². The fraction of sp³-hybridized carbons (Fsp3) is 0.500. The average Bonchev–Trinajstić information content (AvgIpc) is 2.60. The van der Waals surface area contributed by atoms with Crippen molar-refractivity contribution in [2.24, 2.45) is 0 Å². The number of nitrogens with one attached hydrogen (secondary N) is 1. The number of likely N-dealkylation sites (N-methyl/N-ethyl adjacent to an activating group) is 1. The molecule has 3 nitrogen and oxygen atoms in total. The summed E-state index contributed by atoms with van der Waals surface area (Å²) >= 11 is 4.79. The molecule has 1 heterocycles. The van der Waals surface area contributed by atoms with Crippen LogP contribution in [-0.2, 0) is 0 Å². The Hall–Kier alpha value is -0.390. The molecule has 0 bridgehead atoms. The van der Waals surface area contributed by atoms with Gasteiger partial charge in [-0.2, -0.15) is 0 Å². The fourth-order valence-electron chi connectivity index (χ4n) is 0.959. The molecular weight excluding hydrogens is 276 g/mol. The Morgan fingerprint density at radius 1 is 1.67 bits per heavy atom. The first-order valence-electron chi connectivity index (χ1n) is 4.70. The largest absolute Gasteiger partial charge is 0.350 e. The van der Waals surface area contributed by atoms with Crippen LogP contribution in [-0.4, -0.2) is 37.5 Å². The highest BCUT2D eigenvalue weighted by molar-refractivity contribution is 9.10. The van der Waals surface area contributed by atoms with E-state index in [1.54, 1.807) is 0 Å². The van der Waals surface area contributed by atoms with E-state index in [0.717, 1.165) is 9.35 Å². The maximum Gasteiger partial charge on any atom is 0.262 e. The average molecular weight is 291 g/mol. The van der Waals surface area contributed by atoms with E-state index in [4.69, 9.17) is 0 Å². The molecule has 0 spiro atoms. The zero-order valence-electron chi connectivity index (χ0n) is 9.08. The van der Waals surface area contributed by atoms with Crippen LogP contribution in [0.2, 0.25) is 0 Å². The van der Waals surface area contributed by atoms with Crippen molar-refractivity contribution in [2.75, 3.05) is 20.6 Å². The lowest BCUT2D eigenvalue weighted by molar-refractivity contribution is 0.0947. The van der Waals surface area contributed by atoms with Gasteiger partial charge in [-0.15, -0.1) is 11.3 Å². The molecule has 1 aromatic heterocycles. The standard InChI is InChI=1S/C10H15BrN2OS/c1-7(13(2)3)6-12-10(14)9-8(11)4-5-15-9/h4-5,7H,6H2,1-3H3,(H,12,14)/t7-/m1/s1. The smallest absolute Gasteiger partial charge is 0.262 e. The summed E-state index contributed by atoms with van der Waals surface area (Å²) in [5.41, 5.74) is 0. The van der Waals surface area contributed by atoms with Gasteiger partial charge in [-0.05, 0) is 48.4 Å². The highest BCUT2D eigenvalue weighted by Gasteiger charge is 2.12. The molecule has 15 heavy (non-hydrogen) atoms. The molecule has 1 N–H and O–H groups in total. The molecule has 1 amide bonds. The van der Waals surface area contributed by atoms with Crippen molar-refractivity contribution < 1.29 is 4.79 Å². The van der Waals surface area contributed by atoms with E-state index in [1.807, 2.05) is 25.5 Å². The van der Waals surface area contributed by atoms with Gasteiger partial charge in [0, 0.05) is 17.1 Å². The number of thiophene rings is 1. The minimum absolute atomic E-state index is 0.00873. The van der Waals surface area contributed by atoms with Gasteiger partial charge in [0.1, 0.15) is 4.88 Å². The monoisotopic (exact) mass is 290 g/mol. The van der Waals surface area contributed by atoms with Crippen LogP contribution in [0.4, 0.5) is 0 Å². The minimum Gasteiger partial charge on any atom is -0.350 e. The minimum atomic E-state index is -0.00873. The third kappa shape index (κ3) is 3.59. The summed E-state index contributed by atoms with van der Waals surface area (Å²) in [4.78, 5) is 14.5. The normalized spacial score (nSPS) is 12.9. The Balaban J connectivity index is 2.47. The van der Waals surface area contributed by atoms with E-state index >= 15 is 0 Å². The summed E-state index contributed by atoms with van der Waals surface area (Å²) in [5, 5.41) is 4.80. The molecule has 0 saturated carbocycles. The summed E-state index contributed by atoms with van der Waals surface area (Å²) in [6.45, 7) is 2.74. The van der Waals surface area contributed by atoms with Crippen molar-refractivity contribution in [2.45, 2.75) is 13.0 Å². The summed E-state index contributed by atoms with van der Waals surface area (Å²) in [6, 6.07) is 2.22. The second-order valence-corrected chi connectivity index (χ2v) is 5.39. The summed E-state index contributed by atoms with van der Waals surface area (Å²) in [5.74, 6) is -0.00873. The molecule has 1 atom stereocenters. The molecule has 0 fully saturated rings. The predicted molar refractivity (Wildman–Crippen MR) is 67.5 cm³/mol. The van der Waals surface area contributed by atoms with Gasteiger partial charge in [0.25, 0.3) is 5.91 Å². The fourth-order valence-corrected chi connectivity index (χ4v) is 2.43. The van der Waals surface area contributed by atoms with E-state index < -0.39 is 0 Å². The van der Waals surface area contributed by atoms with Crippen LogP contribution in [0, 0.1) is 0 Å². The predicted octanol–water partition coefficient (Wildman–Crippen LogP) is 2.19. The summed E-state index contributed by atoms with van der Waals surface area (Å²) in [6.07, 6.45) is 0. The van der Waals surface area contributed by atoms with Crippen LogP contribution in [0.25, 0.3) is 0 Å². The molecule has 84 valence electrons. The van der Waals surface area contributed by atoms with Crippen molar-refractivity contribution >= 4 is 33.2 Å². The first-order chi connectivity index (χ1) is 7.02. The van der Waals surface area contributed by atoms with Crippen LogP contribution in [0.3, 0.4) is 0 Å². The van der Waals surface area contributed by atoms with Crippen molar-refractivity contribution in [3.63, 3.8) is 0 Å². The van der Waals surface area contributed by atoms with E-state index in [2.05, 4.69) is 33.1 Å². The molecule has 1 rings (SSSR count). The second kappa shape index (κ2) is 5.63. The van der Waals surface area contributed by atoms with Crippen molar-refractivity contribution in [1.82, 2.24) is 10.2 Å². The molecule has 1 aromatic rings. The second-order valence-electron chi connectivity index (χ2n) is 3.62. The topological polar surface area (TPSA) is 32.3 Å². The van der Waals surface area contributed by atoms with E-state index in [0.29, 0.717) is 12.6 Å². The van der Waals surface area contributed by atoms with E-state index in [1.165, 1.54) is 11.3 Å². The van der Waals surface area contributed by atoms with Crippen molar-refractivity contribution in [1.29, 1.82) is 0 Å². The Morgan fingerprint density at radius 3 is 2.80 bits per heavy atom. The first kappa shape index (κ1) is 12.7. The summed E-state index contributed by atoms with van der Waals surface area (Å²) < 4.78 is 0.863. The van der Waals surface area contributed by atoms with Gasteiger partial charge in [-0.1, -0.05) is 0 Å². The molecule has 0 saturated heterocycles. The van der Waals surface area contributed by atoms with Gasteiger partial charge in [-0.25, -0.2) is 0 Å². The van der Waals surface area contributed by atoms with Crippen LogP contribution < -0.4 is 5.32 Å². The number of hydrogen-bond acceptors (Lipinski definition) is 3. The van der Waals surface area contributed by atoms with Crippen LogP contribution in [0.1, 0.15) is 16.6 Å². The summed E-state index contributed by atoms with van der Waals surface area (Å²) in [7, 11) is 4.00. The molecule has 5 heteroatoms. The SMILES string of the molecule is C[C@H](CNC(=O)c1sccc1Br)N(C)C. The lowest BCUT2D eigenvalue weighted by Gasteiger charge is -2.19. The van der Waals surface area contributed by atoms with Gasteiger partial charge in [0.15, 0.2) is 0 Å². The molecule has 0 aliphatic carbocycles. The number of hydrogen-bond donors (Lipinski definition) is 1. The lowest BCUT2D eigenvalue weighted by Crippen LogP contribution is -2.38. The zero-order valence-corrected chi connectivity index (χ0v) is 11.5. The third-order valence-corrected chi connectivity index (χ3v) is 4.10. The Bertz CT molecular complexity index is 338. The Labute approximate surface area is 103 Å². The molecular formula is C10H15BrN2OS. The number of carbonyl (C=O) groups excluding carboxylic acids is 1. The third-order valence-electron chi connectivity index (χ3n) is 2.26. The highest BCUT2D eigenvalue weighted by atomic mass is 79.9.